The average Bonchev–Trinajstić information content (AvgIpc) is 3.52. The summed E-state index contributed by atoms with van der Waals surface area (Å²) in [7, 11) is 0. The molecule has 2 atom stereocenters. The Hall–Kier alpha value is -3.24. The maximum Gasteiger partial charge on any atom is 0.264 e. The van der Waals surface area contributed by atoms with Gasteiger partial charge in [-0.25, -0.2) is 0 Å². The molecule has 9 nitrogen and oxygen atoms in total. The lowest BCUT2D eigenvalue weighted by molar-refractivity contribution is -0.134. The molecule has 3 aromatic rings. The second-order valence-electron chi connectivity index (χ2n) is 9.11. The third-order valence-electron chi connectivity index (χ3n) is 6.63. The summed E-state index contributed by atoms with van der Waals surface area (Å²) in [4.78, 5) is 44.7. The van der Waals surface area contributed by atoms with E-state index in [0.717, 1.165) is 21.3 Å². The topological polar surface area (TPSA) is 108 Å². The van der Waals surface area contributed by atoms with Crippen LogP contribution in [-0.2, 0) is 22.5 Å². The van der Waals surface area contributed by atoms with Crippen LogP contribution in [-0.4, -0.2) is 76.1 Å². The molecule has 2 N–H and O–H groups in total. The van der Waals surface area contributed by atoms with Crippen LogP contribution in [0.2, 0.25) is 0 Å². The van der Waals surface area contributed by atoms with Crippen LogP contribution in [0.3, 0.4) is 0 Å². The van der Waals surface area contributed by atoms with Crippen molar-refractivity contribution in [2.45, 2.75) is 45.4 Å². The first-order valence-electron chi connectivity index (χ1n) is 12.0. The first kappa shape index (κ1) is 23.5. The molecule has 1 unspecified atom stereocenters. The molecule has 0 radical (unpaired) electrons. The van der Waals surface area contributed by atoms with Crippen LogP contribution >= 0.6 is 11.3 Å². The van der Waals surface area contributed by atoms with Gasteiger partial charge in [0.25, 0.3) is 11.8 Å². The van der Waals surface area contributed by atoms with E-state index < -0.39 is 6.04 Å². The fraction of sp³-hybridized carbons (Fsp3) is 0.440. The van der Waals surface area contributed by atoms with Gasteiger partial charge in [0, 0.05) is 42.0 Å². The number of aromatic nitrogens is 2. The molecule has 2 aromatic heterocycles. The third kappa shape index (κ3) is 4.81. The van der Waals surface area contributed by atoms with E-state index in [1.165, 1.54) is 11.3 Å². The predicted molar refractivity (Wildman–Crippen MR) is 132 cm³/mol. The molecule has 4 heterocycles. The highest BCUT2D eigenvalue weighted by Crippen LogP contribution is 2.30. The zero-order valence-electron chi connectivity index (χ0n) is 19.9. The van der Waals surface area contributed by atoms with Crippen molar-refractivity contribution >= 4 is 40.0 Å². The summed E-state index contributed by atoms with van der Waals surface area (Å²) in [6, 6.07) is 6.61. The number of amides is 3. The van der Waals surface area contributed by atoms with Crippen molar-refractivity contribution in [3.8, 4) is 0 Å². The minimum Gasteiger partial charge on any atom is -0.375 e. The van der Waals surface area contributed by atoms with Gasteiger partial charge in [-0.1, -0.05) is 6.92 Å². The first-order chi connectivity index (χ1) is 16.9. The number of H-pyrrole nitrogens is 1. The molecular formula is C25H29N5O4S. The molecule has 1 saturated heterocycles. The van der Waals surface area contributed by atoms with Crippen molar-refractivity contribution < 1.29 is 19.1 Å². The molecule has 5 rings (SSSR count). The van der Waals surface area contributed by atoms with E-state index in [-0.39, 0.29) is 23.8 Å². The summed E-state index contributed by atoms with van der Waals surface area (Å²) in [6.07, 6.45) is 2.90. The summed E-state index contributed by atoms with van der Waals surface area (Å²) in [5.41, 5.74) is 2.36. The Balaban J connectivity index is 1.24. The van der Waals surface area contributed by atoms with Crippen LogP contribution in [0.5, 0.6) is 0 Å². The number of rotatable bonds is 5. The van der Waals surface area contributed by atoms with Crippen LogP contribution in [0.15, 0.2) is 30.5 Å². The predicted octanol–water partition coefficient (Wildman–Crippen LogP) is 2.58. The number of morpholine rings is 1. The number of ether oxygens (including phenoxy) is 1. The minimum atomic E-state index is -0.612. The smallest absolute Gasteiger partial charge is 0.264 e. The number of thiophene rings is 1. The van der Waals surface area contributed by atoms with E-state index in [1.54, 1.807) is 29.3 Å². The van der Waals surface area contributed by atoms with Crippen molar-refractivity contribution in [2.24, 2.45) is 0 Å². The molecule has 3 amide bonds. The molecule has 10 heteroatoms. The molecule has 0 spiro atoms. The lowest BCUT2D eigenvalue weighted by Crippen LogP contribution is -2.49. The molecule has 2 aliphatic rings. The Morgan fingerprint density at radius 3 is 2.91 bits per heavy atom. The van der Waals surface area contributed by atoms with Crippen molar-refractivity contribution in [2.75, 3.05) is 26.2 Å². The summed E-state index contributed by atoms with van der Waals surface area (Å²) < 4.78 is 5.55. The number of benzene rings is 1. The molecule has 1 aromatic carbocycles. The van der Waals surface area contributed by atoms with Gasteiger partial charge in [-0.3, -0.25) is 19.5 Å². The minimum absolute atomic E-state index is 0.0331. The van der Waals surface area contributed by atoms with E-state index in [9.17, 15) is 14.4 Å². The van der Waals surface area contributed by atoms with E-state index in [4.69, 9.17) is 4.74 Å². The average molecular weight is 496 g/mol. The highest BCUT2D eigenvalue weighted by molar-refractivity contribution is 7.14. The standard InChI is InChI=1S/C25H29N5O4S/c1-3-19(27-23(31)16-4-5-20-17(10-16)12-26-28-20)24(32)29-7-6-21-18(14-29)11-22(35-21)25(33)30-8-9-34-15(2)13-30/h4-5,10-12,15,19H,3,6-9,13-14H2,1-2H3,(H,26,28)(H,27,31)/t15?,19-/m1/s1. The van der Waals surface area contributed by atoms with Gasteiger partial charge in [0.1, 0.15) is 6.04 Å². The maximum atomic E-state index is 13.3. The Kier molecular flexibility index (Phi) is 6.57. The molecule has 0 aliphatic carbocycles. The fourth-order valence-corrected chi connectivity index (χ4v) is 5.80. The SMILES string of the molecule is CC[C@@H](NC(=O)c1ccc2[nH]ncc2c1)C(=O)N1CCc2sc(C(=O)N3CCOC(C)C3)cc2C1. The lowest BCUT2D eigenvalue weighted by atomic mass is 10.1. The van der Waals surface area contributed by atoms with Crippen LogP contribution < -0.4 is 5.32 Å². The van der Waals surface area contributed by atoms with Crippen LogP contribution in [0.4, 0.5) is 0 Å². The molecular weight excluding hydrogens is 466 g/mol. The van der Waals surface area contributed by atoms with Gasteiger partial charge in [0.05, 0.1) is 29.3 Å². The highest BCUT2D eigenvalue weighted by Gasteiger charge is 2.31. The summed E-state index contributed by atoms with van der Waals surface area (Å²) in [5, 5.41) is 10.6. The zero-order chi connectivity index (χ0) is 24.5. The van der Waals surface area contributed by atoms with Gasteiger partial charge in [-0.2, -0.15) is 5.10 Å². The van der Waals surface area contributed by atoms with E-state index >= 15 is 0 Å². The van der Waals surface area contributed by atoms with E-state index in [2.05, 4.69) is 15.5 Å². The van der Waals surface area contributed by atoms with Crippen LogP contribution in [0.25, 0.3) is 10.9 Å². The molecule has 2 aliphatic heterocycles. The number of nitrogens with zero attached hydrogens (tertiary/aromatic N) is 3. The van der Waals surface area contributed by atoms with Gasteiger partial charge >= 0.3 is 0 Å². The van der Waals surface area contributed by atoms with Gasteiger partial charge in [0.15, 0.2) is 0 Å². The number of carbonyl (C=O) groups is 3. The monoisotopic (exact) mass is 495 g/mol. The van der Waals surface area contributed by atoms with E-state index in [1.807, 2.05) is 24.8 Å². The molecule has 0 bridgehead atoms. The number of nitrogens with one attached hydrogen (secondary N) is 2. The highest BCUT2D eigenvalue weighted by atomic mass is 32.1. The number of carbonyl (C=O) groups excluding carboxylic acids is 3. The summed E-state index contributed by atoms with van der Waals surface area (Å²) >= 11 is 1.53. The van der Waals surface area contributed by atoms with Crippen molar-refractivity contribution in [3.63, 3.8) is 0 Å². The molecule has 1 fully saturated rings. The van der Waals surface area contributed by atoms with Gasteiger partial charge in [-0.05, 0) is 49.6 Å². The van der Waals surface area contributed by atoms with Crippen LogP contribution in [0, 0.1) is 0 Å². The normalized spacial score (nSPS) is 18.9. The second-order valence-corrected chi connectivity index (χ2v) is 10.2. The largest absolute Gasteiger partial charge is 0.375 e. The first-order valence-corrected chi connectivity index (χ1v) is 12.8. The molecule has 184 valence electrons. The van der Waals surface area contributed by atoms with Gasteiger partial charge < -0.3 is 19.9 Å². The van der Waals surface area contributed by atoms with Crippen molar-refractivity contribution in [3.05, 3.63) is 51.3 Å². The van der Waals surface area contributed by atoms with Crippen LogP contribution in [0.1, 0.15) is 50.7 Å². The van der Waals surface area contributed by atoms with Crippen molar-refractivity contribution in [1.82, 2.24) is 25.3 Å². The van der Waals surface area contributed by atoms with Gasteiger partial charge in [0.2, 0.25) is 5.91 Å². The maximum absolute atomic E-state index is 13.3. The second kappa shape index (κ2) is 9.79. The lowest BCUT2D eigenvalue weighted by Gasteiger charge is -2.30. The molecule has 0 saturated carbocycles. The van der Waals surface area contributed by atoms with Crippen molar-refractivity contribution in [1.29, 1.82) is 0 Å². The van der Waals surface area contributed by atoms with E-state index in [0.29, 0.717) is 56.1 Å². The quantitative estimate of drug-likeness (QED) is 0.566. The zero-order valence-corrected chi connectivity index (χ0v) is 20.7. The molecule has 35 heavy (non-hydrogen) atoms. The summed E-state index contributed by atoms with van der Waals surface area (Å²) in [5.74, 6) is -0.350. The number of fused-ring (bicyclic) bond motifs is 2. The summed E-state index contributed by atoms with van der Waals surface area (Å²) in [6.45, 7) is 6.63. The fourth-order valence-electron chi connectivity index (χ4n) is 4.67. The number of hydrogen-bond donors (Lipinski definition) is 2. The Morgan fingerprint density at radius 1 is 1.26 bits per heavy atom. The third-order valence-corrected chi connectivity index (χ3v) is 7.86. The van der Waals surface area contributed by atoms with Gasteiger partial charge in [-0.15, -0.1) is 11.3 Å². The number of hydrogen-bond acceptors (Lipinski definition) is 6. The Labute approximate surface area is 207 Å². The Bertz CT molecular complexity index is 1270. The Morgan fingerprint density at radius 2 is 2.11 bits per heavy atom. The number of aromatic amines is 1.